The number of benzene rings is 1. The van der Waals surface area contributed by atoms with Gasteiger partial charge in [0.05, 0.1) is 29.2 Å². The van der Waals surface area contributed by atoms with Gasteiger partial charge in [0.1, 0.15) is 17.1 Å². The SMILES string of the molecule is CCn1c(CCl)nc2c(OC(C)C)cc(C(=O)OC(C)C)cc21. The molecule has 23 heavy (non-hydrogen) atoms. The van der Waals surface area contributed by atoms with E-state index in [1.807, 2.05) is 39.2 Å². The average Bonchev–Trinajstić information content (AvgIpc) is 2.83. The first-order valence-electron chi connectivity index (χ1n) is 7.84. The second kappa shape index (κ2) is 7.21. The highest BCUT2D eigenvalue weighted by Crippen LogP contribution is 2.30. The molecule has 0 amide bonds. The van der Waals surface area contributed by atoms with Crippen LogP contribution in [0.4, 0.5) is 0 Å². The number of esters is 1. The number of nitrogens with zero attached hydrogens (tertiary/aromatic N) is 2. The molecule has 0 aliphatic rings. The smallest absolute Gasteiger partial charge is 0.338 e. The molecular formula is C17H23ClN2O3. The Morgan fingerprint density at radius 2 is 1.96 bits per heavy atom. The second-order valence-corrected chi connectivity index (χ2v) is 6.14. The number of halogens is 1. The molecular weight excluding hydrogens is 316 g/mol. The Labute approximate surface area is 141 Å². The quantitative estimate of drug-likeness (QED) is 0.586. The van der Waals surface area contributed by atoms with Crippen LogP contribution in [0.3, 0.4) is 0 Å². The number of hydrogen-bond acceptors (Lipinski definition) is 4. The van der Waals surface area contributed by atoms with Gasteiger partial charge < -0.3 is 14.0 Å². The molecule has 0 N–H and O–H groups in total. The third kappa shape index (κ3) is 3.78. The van der Waals surface area contributed by atoms with Crippen LogP contribution in [0.1, 0.15) is 50.8 Å². The van der Waals surface area contributed by atoms with E-state index in [4.69, 9.17) is 21.1 Å². The van der Waals surface area contributed by atoms with E-state index >= 15 is 0 Å². The van der Waals surface area contributed by atoms with E-state index in [2.05, 4.69) is 4.98 Å². The van der Waals surface area contributed by atoms with Crippen LogP contribution in [-0.4, -0.2) is 27.7 Å². The van der Waals surface area contributed by atoms with Crippen molar-refractivity contribution in [3.05, 3.63) is 23.5 Å². The fraction of sp³-hybridized carbons (Fsp3) is 0.529. The second-order valence-electron chi connectivity index (χ2n) is 5.87. The number of carbonyl (C=O) groups is 1. The summed E-state index contributed by atoms with van der Waals surface area (Å²) in [5, 5.41) is 0. The van der Waals surface area contributed by atoms with Crippen LogP contribution in [0.15, 0.2) is 12.1 Å². The van der Waals surface area contributed by atoms with Gasteiger partial charge in [-0.3, -0.25) is 0 Å². The molecule has 126 valence electrons. The summed E-state index contributed by atoms with van der Waals surface area (Å²) in [5.41, 5.74) is 2.01. The molecule has 0 atom stereocenters. The lowest BCUT2D eigenvalue weighted by Crippen LogP contribution is -2.13. The van der Waals surface area contributed by atoms with Crippen molar-refractivity contribution in [3.63, 3.8) is 0 Å². The van der Waals surface area contributed by atoms with Gasteiger partial charge in [-0.2, -0.15) is 0 Å². The molecule has 0 saturated heterocycles. The third-order valence-corrected chi connectivity index (χ3v) is 3.51. The summed E-state index contributed by atoms with van der Waals surface area (Å²) in [6.07, 6.45) is -0.206. The van der Waals surface area contributed by atoms with Crippen molar-refractivity contribution in [3.8, 4) is 5.75 Å². The lowest BCUT2D eigenvalue weighted by atomic mass is 10.1. The molecule has 1 aromatic heterocycles. The molecule has 0 aliphatic carbocycles. The molecule has 0 aliphatic heterocycles. The van der Waals surface area contributed by atoms with Crippen LogP contribution in [-0.2, 0) is 17.2 Å². The van der Waals surface area contributed by atoms with E-state index in [0.717, 1.165) is 16.9 Å². The fourth-order valence-electron chi connectivity index (χ4n) is 2.44. The first kappa shape index (κ1) is 17.6. The Kier molecular flexibility index (Phi) is 5.52. The number of carbonyl (C=O) groups excluding carboxylic acids is 1. The van der Waals surface area contributed by atoms with E-state index in [0.29, 0.717) is 23.7 Å². The number of ether oxygens (including phenoxy) is 2. The van der Waals surface area contributed by atoms with Gasteiger partial charge >= 0.3 is 5.97 Å². The molecule has 6 heteroatoms. The number of hydrogen-bond donors (Lipinski definition) is 0. The van der Waals surface area contributed by atoms with Gasteiger partial charge in [0.2, 0.25) is 0 Å². The van der Waals surface area contributed by atoms with Crippen LogP contribution in [0, 0.1) is 0 Å². The van der Waals surface area contributed by atoms with Crippen LogP contribution in [0.25, 0.3) is 11.0 Å². The van der Waals surface area contributed by atoms with Crippen molar-refractivity contribution in [1.29, 1.82) is 0 Å². The number of aromatic nitrogens is 2. The maximum absolute atomic E-state index is 12.3. The fourth-order valence-corrected chi connectivity index (χ4v) is 2.64. The van der Waals surface area contributed by atoms with E-state index in [1.165, 1.54) is 0 Å². The van der Waals surface area contributed by atoms with Crippen molar-refractivity contribution >= 4 is 28.6 Å². The minimum atomic E-state index is -0.369. The standard InChI is InChI=1S/C17H23ClN2O3/c1-6-20-13-7-12(17(21)23-11(4)5)8-14(22-10(2)3)16(13)19-15(20)9-18/h7-8,10-11H,6,9H2,1-5H3. The summed E-state index contributed by atoms with van der Waals surface area (Å²) >= 11 is 6.00. The Morgan fingerprint density at radius 1 is 1.26 bits per heavy atom. The molecule has 0 radical (unpaired) electrons. The first-order valence-corrected chi connectivity index (χ1v) is 8.37. The molecule has 0 fully saturated rings. The lowest BCUT2D eigenvalue weighted by Gasteiger charge is -2.13. The maximum atomic E-state index is 12.3. The topological polar surface area (TPSA) is 53.4 Å². The molecule has 0 saturated carbocycles. The predicted molar refractivity (Wildman–Crippen MR) is 91.3 cm³/mol. The van der Waals surface area contributed by atoms with Gasteiger partial charge in [0.25, 0.3) is 0 Å². The van der Waals surface area contributed by atoms with Crippen LogP contribution in [0.2, 0.25) is 0 Å². The lowest BCUT2D eigenvalue weighted by molar-refractivity contribution is 0.0377. The van der Waals surface area contributed by atoms with Crippen molar-refractivity contribution < 1.29 is 14.3 Å². The third-order valence-electron chi connectivity index (χ3n) is 3.27. The maximum Gasteiger partial charge on any atom is 0.338 e. The van der Waals surface area contributed by atoms with Crippen molar-refractivity contribution in [2.24, 2.45) is 0 Å². The molecule has 2 rings (SSSR count). The number of fused-ring (bicyclic) bond motifs is 1. The van der Waals surface area contributed by atoms with E-state index < -0.39 is 0 Å². The summed E-state index contributed by atoms with van der Waals surface area (Å²) in [4.78, 5) is 16.8. The van der Waals surface area contributed by atoms with E-state index in [9.17, 15) is 4.79 Å². The Hall–Kier alpha value is -1.75. The largest absolute Gasteiger partial charge is 0.489 e. The predicted octanol–water partition coefficient (Wildman–Crippen LogP) is 4.15. The molecule has 1 heterocycles. The van der Waals surface area contributed by atoms with E-state index in [-0.39, 0.29) is 18.2 Å². The summed E-state index contributed by atoms with van der Waals surface area (Å²) in [7, 11) is 0. The molecule has 1 aromatic carbocycles. The first-order chi connectivity index (χ1) is 10.9. The van der Waals surface area contributed by atoms with Gasteiger partial charge in [-0.15, -0.1) is 11.6 Å². The number of alkyl halides is 1. The van der Waals surface area contributed by atoms with Gasteiger partial charge in [-0.05, 0) is 46.8 Å². The van der Waals surface area contributed by atoms with E-state index in [1.54, 1.807) is 12.1 Å². The zero-order chi connectivity index (χ0) is 17.1. The zero-order valence-corrected chi connectivity index (χ0v) is 15.0. The molecule has 0 spiro atoms. The van der Waals surface area contributed by atoms with Crippen molar-refractivity contribution in [2.45, 2.75) is 59.3 Å². The van der Waals surface area contributed by atoms with Gasteiger partial charge in [0.15, 0.2) is 0 Å². The van der Waals surface area contributed by atoms with Gasteiger partial charge in [-0.25, -0.2) is 9.78 Å². The highest BCUT2D eigenvalue weighted by molar-refractivity contribution is 6.17. The number of rotatable bonds is 6. The molecule has 2 aromatic rings. The van der Waals surface area contributed by atoms with Crippen LogP contribution < -0.4 is 4.74 Å². The summed E-state index contributed by atoms with van der Waals surface area (Å²) < 4.78 is 13.1. The zero-order valence-electron chi connectivity index (χ0n) is 14.2. The monoisotopic (exact) mass is 338 g/mol. The van der Waals surface area contributed by atoms with Crippen molar-refractivity contribution in [1.82, 2.24) is 9.55 Å². The minimum Gasteiger partial charge on any atom is -0.489 e. The van der Waals surface area contributed by atoms with Crippen LogP contribution >= 0.6 is 11.6 Å². The summed E-state index contributed by atoms with van der Waals surface area (Å²) in [6.45, 7) is 10.2. The average molecular weight is 339 g/mol. The summed E-state index contributed by atoms with van der Waals surface area (Å²) in [6, 6.07) is 3.48. The molecule has 0 bridgehead atoms. The summed E-state index contributed by atoms with van der Waals surface area (Å²) in [5.74, 6) is 1.26. The Bertz CT molecular complexity index is 707. The van der Waals surface area contributed by atoms with Crippen LogP contribution in [0.5, 0.6) is 5.75 Å². The Balaban J connectivity index is 2.64. The molecule has 0 unspecified atom stereocenters. The number of imidazole rings is 1. The highest BCUT2D eigenvalue weighted by Gasteiger charge is 2.19. The normalized spacial score (nSPS) is 11.5. The Morgan fingerprint density at radius 3 is 2.48 bits per heavy atom. The number of aryl methyl sites for hydroxylation is 1. The van der Waals surface area contributed by atoms with Gasteiger partial charge in [0, 0.05) is 6.54 Å². The van der Waals surface area contributed by atoms with Crippen molar-refractivity contribution in [2.75, 3.05) is 0 Å². The highest BCUT2D eigenvalue weighted by atomic mass is 35.5. The minimum absolute atomic E-state index is 0.0270. The van der Waals surface area contributed by atoms with Gasteiger partial charge in [-0.1, -0.05) is 0 Å². The molecule has 5 nitrogen and oxygen atoms in total.